The van der Waals surface area contributed by atoms with E-state index in [0.717, 1.165) is 19.4 Å². The van der Waals surface area contributed by atoms with Gasteiger partial charge in [0.15, 0.2) is 0 Å². The van der Waals surface area contributed by atoms with E-state index in [0.29, 0.717) is 17.1 Å². The molecule has 5 nitrogen and oxygen atoms in total. The Morgan fingerprint density at radius 2 is 2.26 bits per heavy atom. The maximum Gasteiger partial charge on any atom is 0.237 e. The van der Waals surface area contributed by atoms with Gasteiger partial charge in [-0.15, -0.1) is 0 Å². The highest BCUT2D eigenvalue weighted by Crippen LogP contribution is 2.17. The van der Waals surface area contributed by atoms with Crippen LogP contribution < -0.4 is 11.1 Å². The third-order valence-electron chi connectivity index (χ3n) is 2.92. The Hall–Kier alpha value is -1.40. The topological polar surface area (TPSA) is 81.4 Å². The predicted octanol–water partition coefficient (Wildman–Crippen LogP) is 1.13. The lowest BCUT2D eigenvalue weighted by Crippen LogP contribution is -2.25. The van der Waals surface area contributed by atoms with Crippen LogP contribution in [0.25, 0.3) is 0 Å². The van der Waals surface area contributed by atoms with Gasteiger partial charge in [0.1, 0.15) is 5.75 Å². The fourth-order valence-corrected chi connectivity index (χ4v) is 3.15. The van der Waals surface area contributed by atoms with Crippen molar-refractivity contribution in [2.24, 2.45) is 0 Å². The van der Waals surface area contributed by atoms with Gasteiger partial charge in [0.05, 0.1) is 23.2 Å². The summed E-state index contributed by atoms with van der Waals surface area (Å²) in [5.41, 5.74) is 6.78. The average molecular weight is 282 g/mol. The first kappa shape index (κ1) is 14.0. The zero-order chi connectivity index (χ0) is 13.7. The highest BCUT2D eigenvalue weighted by atomic mass is 32.2. The van der Waals surface area contributed by atoms with Crippen LogP contribution >= 0.6 is 0 Å². The summed E-state index contributed by atoms with van der Waals surface area (Å²) >= 11 is 0. The second kappa shape index (κ2) is 6.68. The number of hydrogen-bond acceptors (Lipinski definition) is 4. The number of para-hydroxylation sites is 2. The Bertz CT molecular complexity index is 473. The molecule has 1 aromatic carbocycles. The van der Waals surface area contributed by atoms with E-state index in [1.165, 1.54) is 0 Å². The van der Waals surface area contributed by atoms with E-state index >= 15 is 0 Å². The summed E-state index contributed by atoms with van der Waals surface area (Å²) in [5.74, 6) is 0.125. The molecule has 0 bridgehead atoms. The number of rotatable bonds is 5. The fourth-order valence-electron chi connectivity index (χ4n) is 1.99. The summed E-state index contributed by atoms with van der Waals surface area (Å²) in [7, 11) is -1.20. The third kappa shape index (κ3) is 4.33. The maximum absolute atomic E-state index is 11.8. The largest absolute Gasteiger partial charge is 0.397 e. The monoisotopic (exact) mass is 282 g/mol. The molecule has 0 saturated carbocycles. The van der Waals surface area contributed by atoms with E-state index < -0.39 is 10.8 Å². The molecule has 0 spiro atoms. The van der Waals surface area contributed by atoms with Crippen molar-refractivity contribution in [3.63, 3.8) is 0 Å². The smallest absolute Gasteiger partial charge is 0.237 e. The van der Waals surface area contributed by atoms with Crippen molar-refractivity contribution in [1.82, 2.24) is 0 Å². The van der Waals surface area contributed by atoms with Gasteiger partial charge in [-0.2, -0.15) is 0 Å². The molecule has 1 aromatic rings. The number of benzene rings is 1. The molecule has 2 atom stereocenters. The minimum Gasteiger partial charge on any atom is -0.397 e. The van der Waals surface area contributed by atoms with Gasteiger partial charge in [-0.25, -0.2) is 0 Å². The second-order valence-electron chi connectivity index (χ2n) is 4.52. The predicted molar refractivity (Wildman–Crippen MR) is 76.3 cm³/mol. The number of anilines is 2. The molecule has 0 radical (unpaired) electrons. The second-order valence-corrected chi connectivity index (χ2v) is 6.02. The summed E-state index contributed by atoms with van der Waals surface area (Å²) in [5, 5.41) is 2.67. The molecule has 1 heterocycles. The molecule has 1 amide bonds. The van der Waals surface area contributed by atoms with Crippen molar-refractivity contribution in [3.05, 3.63) is 24.3 Å². The zero-order valence-corrected chi connectivity index (χ0v) is 11.4. The summed E-state index contributed by atoms with van der Waals surface area (Å²) < 4.78 is 17.2. The summed E-state index contributed by atoms with van der Waals surface area (Å²) in [6.07, 6.45) is 1.98. The standard InChI is InChI=1S/C13H18N2O3S/c14-11-5-1-2-6-12(11)15-13(16)9-19(17)8-10-4-3-7-18-10/h1-2,5-6,10H,3-4,7-9,14H2,(H,15,16). The number of carbonyl (C=O) groups excluding carboxylic acids is 1. The Morgan fingerprint density at radius 3 is 2.95 bits per heavy atom. The first-order valence-corrected chi connectivity index (χ1v) is 7.75. The first-order valence-electron chi connectivity index (χ1n) is 6.26. The molecular formula is C13H18N2O3S. The highest BCUT2D eigenvalue weighted by molar-refractivity contribution is 7.85. The van der Waals surface area contributed by atoms with Crippen LogP contribution in [0.4, 0.5) is 11.4 Å². The SMILES string of the molecule is Nc1ccccc1NC(=O)CS(=O)CC1CCCO1. The maximum atomic E-state index is 11.8. The normalized spacial score (nSPS) is 20.1. The van der Waals surface area contributed by atoms with Crippen LogP contribution in [0, 0.1) is 0 Å². The number of nitrogen functional groups attached to an aromatic ring is 1. The number of nitrogens with one attached hydrogen (secondary N) is 1. The molecule has 104 valence electrons. The third-order valence-corrected chi connectivity index (χ3v) is 4.25. The van der Waals surface area contributed by atoms with Gasteiger partial charge >= 0.3 is 0 Å². The van der Waals surface area contributed by atoms with Crippen LogP contribution in [-0.2, 0) is 20.3 Å². The lowest BCUT2D eigenvalue weighted by molar-refractivity contribution is -0.113. The molecule has 6 heteroatoms. The van der Waals surface area contributed by atoms with E-state index in [1.54, 1.807) is 24.3 Å². The molecule has 2 rings (SSSR count). The number of hydrogen-bond donors (Lipinski definition) is 2. The van der Waals surface area contributed by atoms with Crippen LogP contribution in [0.5, 0.6) is 0 Å². The Kier molecular flexibility index (Phi) is 4.93. The molecule has 1 aliphatic rings. The number of carbonyl (C=O) groups is 1. The first-order chi connectivity index (χ1) is 9.15. The van der Waals surface area contributed by atoms with Gasteiger partial charge in [-0.3, -0.25) is 9.00 Å². The lowest BCUT2D eigenvalue weighted by Gasteiger charge is -2.10. The van der Waals surface area contributed by atoms with Crippen LogP contribution in [-0.4, -0.2) is 34.3 Å². The molecular weight excluding hydrogens is 264 g/mol. The van der Waals surface area contributed by atoms with E-state index in [-0.39, 0.29) is 17.8 Å². The number of amides is 1. The Balaban J connectivity index is 1.80. The molecule has 2 unspecified atom stereocenters. The molecule has 0 aromatic heterocycles. The van der Waals surface area contributed by atoms with Crippen LogP contribution in [0.1, 0.15) is 12.8 Å². The summed E-state index contributed by atoms with van der Waals surface area (Å²) in [6, 6.07) is 7.01. The molecule has 0 aliphatic carbocycles. The van der Waals surface area contributed by atoms with E-state index in [2.05, 4.69) is 5.32 Å². The quantitative estimate of drug-likeness (QED) is 0.793. The van der Waals surface area contributed by atoms with Crippen LogP contribution in [0.3, 0.4) is 0 Å². The molecule has 19 heavy (non-hydrogen) atoms. The average Bonchev–Trinajstić information content (AvgIpc) is 2.84. The van der Waals surface area contributed by atoms with Gasteiger partial charge in [0.2, 0.25) is 5.91 Å². The zero-order valence-electron chi connectivity index (χ0n) is 10.6. The van der Waals surface area contributed by atoms with E-state index in [9.17, 15) is 9.00 Å². The van der Waals surface area contributed by atoms with Gasteiger partial charge in [-0.1, -0.05) is 12.1 Å². The van der Waals surface area contributed by atoms with Crippen molar-refractivity contribution in [2.75, 3.05) is 29.2 Å². The van der Waals surface area contributed by atoms with Crippen LogP contribution in [0.15, 0.2) is 24.3 Å². The summed E-state index contributed by atoms with van der Waals surface area (Å²) in [4.78, 5) is 11.7. The van der Waals surface area contributed by atoms with E-state index in [4.69, 9.17) is 10.5 Å². The van der Waals surface area contributed by atoms with Crippen molar-refractivity contribution in [2.45, 2.75) is 18.9 Å². The van der Waals surface area contributed by atoms with Crippen molar-refractivity contribution in [3.8, 4) is 0 Å². The Labute approximate surface area is 115 Å². The molecule has 1 saturated heterocycles. The van der Waals surface area contributed by atoms with E-state index in [1.807, 2.05) is 0 Å². The molecule has 1 aliphatic heterocycles. The van der Waals surface area contributed by atoms with Gasteiger partial charge in [-0.05, 0) is 25.0 Å². The highest BCUT2D eigenvalue weighted by Gasteiger charge is 2.19. The minimum atomic E-state index is -1.20. The Morgan fingerprint density at radius 1 is 1.47 bits per heavy atom. The molecule has 3 N–H and O–H groups in total. The van der Waals surface area contributed by atoms with Crippen LogP contribution in [0.2, 0.25) is 0 Å². The van der Waals surface area contributed by atoms with Gasteiger partial charge in [0, 0.05) is 17.4 Å². The van der Waals surface area contributed by atoms with Crippen molar-refractivity contribution in [1.29, 1.82) is 0 Å². The number of ether oxygens (including phenoxy) is 1. The fraction of sp³-hybridized carbons (Fsp3) is 0.462. The summed E-state index contributed by atoms with van der Waals surface area (Å²) in [6.45, 7) is 0.731. The van der Waals surface area contributed by atoms with Crippen molar-refractivity contribution >= 4 is 28.1 Å². The number of nitrogens with two attached hydrogens (primary N) is 1. The van der Waals surface area contributed by atoms with Gasteiger partial charge < -0.3 is 15.8 Å². The lowest BCUT2D eigenvalue weighted by atomic mass is 10.3. The minimum absolute atomic E-state index is 0.0196. The molecule has 1 fully saturated rings. The van der Waals surface area contributed by atoms with Gasteiger partial charge in [0.25, 0.3) is 0 Å². The van der Waals surface area contributed by atoms with Crippen molar-refractivity contribution < 1.29 is 13.7 Å².